The van der Waals surface area contributed by atoms with Gasteiger partial charge in [-0.1, -0.05) is 17.7 Å². The molecule has 2 aliphatic heterocycles. The number of aryl methyl sites for hydroxylation is 1. The fraction of sp³-hybridized carbons (Fsp3) is 0.571. The predicted molar refractivity (Wildman–Crippen MR) is 74.7 cm³/mol. The normalized spacial score (nSPS) is 34.8. The molecule has 2 aliphatic rings. The van der Waals surface area contributed by atoms with Crippen LogP contribution in [0.2, 0.25) is 0 Å². The number of benzene rings is 1. The Balaban J connectivity index is 1.85. The number of hydrogen-bond donors (Lipinski definition) is 1. The Morgan fingerprint density at radius 1 is 1.27 bits per heavy atom. The first-order chi connectivity index (χ1) is 10.4. The van der Waals surface area contributed by atoms with Crippen LogP contribution < -0.4 is 0 Å². The van der Waals surface area contributed by atoms with Crippen LogP contribution in [0.1, 0.15) is 5.56 Å². The van der Waals surface area contributed by atoms with Gasteiger partial charge in [-0.3, -0.25) is 4.18 Å². The minimum atomic E-state index is -4.02. The van der Waals surface area contributed by atoms with Gasteiger partial charge in [-0.05, 0) is 19.1 Å². The highest BCUT2D eigenvalue weighted by Gasteiger charge is 2.53. The molecule has 0 saturated carbocycles. The van der Waals surface area contributed by atoms with Gasteiger partial charge in [0, 0.05) is 7.11 Å². The van der Waals surface area contributed by atoms with Gasteiger partial charge in [0.05, 0.1) is 11.5 Å². The maximum Gasteiger partial charge on any atom is 0.297 e. The Bertz CT molecular complexity index is 627. The van der Waals surface area contributed by atoms with Crippen LogP contribution in [-0.4, -0.2) is 57.9 Å². The average Bonchev–Trinajstić information content (AvgIpc) is 2.73. The van der Waals surface area contributed by atoms with E-state index in [1.54, 1.807) is 12.1 Å². The van der Waals surface area contributed by atoms with Gasteiger partial charge in [0.1, 0.15) is 18.3 Å². The number of methoxy groups -OCH3 is 1. The molecule has 2 bridgehead atoms. The molecule has 0 aromatic heterocycles. The zero-order valence-electron chi connectivity index (χ0n) is 12.2. The van der Waals surface area contributed by atoms with Crippen LogP contribution in [0.4, 0.5) is 0 Å². The fourth-order valence-corrected chi connectivity index (χ4v) is 3.70. The molecule has 1 aromatic rings. The quantitative estimate of drug-likeness (QED) is 0.789. The topological polar surface area (TPSA) is 91.3 Å². The molecular formula is C14H18O7S. The first-order valence-electron chi connectivity index (χ1n) is 6.90. The summed E-state index contributed by atoms with van der Waals surface area (Å²) >= 11 is 0. The van der Waals surface area contributed by atoms with Gasteiger partial charge in [0.15, 0.2) is 12.4 Å². The Hall–Kier alpha value is -1.03. The zero-order valence-corrected chi connectivity index (χ0v) is 13.0. The lowest BCUT2D eigenvalue weighted by atomic mass is 10.0. The van der Waals surface area contributed by atoms with Gasteiger partial charge in [0.2, 0.25) is 0 Å². The molecular weight excluding hydrogens is 312 g/mol. The molecule has 0 spiro atoms. The van der Waals surface area contributed by atoms with Gasteiger partial charge in [-0.25, -0.2) is 0 Å². The molecule has 3 rings (SSSR count). The lowest BCUT2D eigenvalue weighted by molar-refractivity contribution is -0.245. The van der Waals surface area contributed by atoms with Crippen LogP contribution in [0.25, 0.3) is 0 Å². The Labute approximate surface area is 128 Å². The molecule has 1 aromatic carbocycles. The third kappa shape index (κ3) is 2.78. The van der Waals surface area contributed by atoms with E-state index in [0.717, 1.165) is 5.56 Å². The molecule has 22 heavy (non-hydrogen) atoms. The van der Waals surface area contributed by atoms with Gasteiger partial charge in [-0.15, -0.1) is 0 Å². The van der Waals surface area contributed by atoms with Crippen LogP contribution >= 0.6 is 0 Å². The van der Waals surface area contributed by atoms with E-state index in [9.17, 15) is 13.5 Å². The molecule has 0 amide bonds. The minimum absolute atomic E-state index is 0.0302. The minimum Gasteiger partial charge on any atom is -0.387 e. The van der Waals surface area contributed by atoms with E-state index >= 15 is 0 Å². The first kappa shape index (κ1) is 15.9. The van der Waals surface area contributed by atoms with Crippen molar-refractivity contribution >= 4 is 10.1 Å². The SMILES string of the molecule is CO[C@H]1O[C@@H]2CO[C@@H]([C@@H]2O)[C@H]1OS(=O)(=O)c1ccc(C)cc1. The van der Waals surface area contributed by atoms with Crippen molar-refractivity contribution in [3.63, 3.8) is 0 Å². The first-order valence-corrected chi connectivity index (χ1v) is 8.31. The van der Waals surface area contributed by atoms with Gasteiger partial charge in [0.25, 0.3) is 10.1 Å². The second-order valence-electron chi connectivity index (χ2n) is 5.40. The van der Waals surface area contributed by atoms with E-state index in [1.807, 2.05) is 6.92 Å². The Morgan fingerprint density at radius 2 is 1.95 bits per heavy atom. The summed E-state index contributed by atoms with van der Waals surface area (Å²) < 4.78 is 46.0. The van der Waals surface area contributed by atoms with E-state index in [2.05, 4.69) is 0 Å². The number of aliphatic hydroxyl groups is 1. The number of fused-ring (bicyclic) bond motifs is 2. The highest BCUT2D eigenvalue weighted by Crippen LogP contribution is 2.33. The molecule has 7 nitrogen and oxygen atoms in total. The maximum absolute atomic E-state index is 12.4. The van der Waals surface area contributed by atoms with Crippen LogP contribution in [-0.2, 0) is 28.5 Å². The highest BCUT2D eigenvalue weighted by atomic mass is 32.2. The number of aliphatic hydroxyl groups excluding tert-OH is 1. The Morgan fingerprint density at radius 3 is 2.59 bits per heavy atom. The number of rotatable bonds is 4. The van der Waals surface area contributed by atoms with E-state index in [-0.39, 0.29) is 11.5 Å². The molecule has 5 atom stereocenters. The summed E-state index contributed by atoms with van der Waals surface area (Å²) in [5, 5.41) is 10.0. The van der Waals surface area contributed by atoms with Crippen molar-refractivity contribution in [3.05, 3.63) is 29.8 Å². The Kier molecular flexibility index (Phi) is 4.23. The molecule has 2 fully saturated rings. The van der Waals surface area contributed by atoms with Crippen LogP contribution in [0.3, 0.4) is 0 Å². The van der Waals surface area contributed by atoms with Gasteiger partial charge < -0.3 is 19.3 Å². The third-order valence-electron chi connectivity index (χ3n) is 3.85. The fourth-order valence-electron chi connectivity index (χ4n) is 2.62. The lowest BCUT2D eigenvalue weighted by Gasteiger charge is -2.36. The maximum atomic E-state index is 12.4. The van der Waals surface area contributed by atoms with Crippen molar-refractivity contribution in [2.24, 2.45) is 0 Å². The van der Waals surface area contributed by atoms with Crippen molar-refractivity contribution in [2.75, 3.05) is 13.7 Å². The summed E-state index contributed by atoms with van der Waals surface area (Å²) in [5.74, 6) is 0. The smallest absolute Gasteiger partial charge is 0.297 e. The largest absolute Gasteiger partial charge is 0.387 e. The van der Waals surface area contributed by atoms with Crippen LogP contribution in [0, 0.1) is 6.92 Å². The highest BCUT2D eigenvalue weighted by molar-refractivity contribution is 7.86. The lowest BCUT2D eigenvalue weighted by Crippen LogP contribution is -2.55. The molecule has 0 aliphatic carbocycles. The van der Waals surface area contributed by atoms with E-state index in [4.69, 9.17) is 18.4 Å². The number of ether oxygens (including phenoxy) is 3. The predicted octanol–water partition coefficient (Wildman–Crippen LogP) is 0.200. The van der Waals surface area contributed by atoms with Gasteiger partial charge >= 0.3 is 0 Å². The van der Waals surface area contributed by atoms with E-state index in [0.29, 0.717) is 0 Å². The van der Waals surface area contributed by atoms with Crippen molar-refractivity contribution < 1.29 is 31.9 Å². The molecule has 2 heterocycles. The van der Waals surface area contributed by atoms with Gasteiger partial charge in [-0.2, -0.15) is 8.42 Å². The molecule has 2 saturated heterocycles. The second-order valence-corrected chi connectivity index (χ2v) is 6.97. The van der Waals surface area contributed by atoms with Crippen LogP contribution in [0.5, 0.6) is 0 Å². The molecule has 122 valence electrons. The van der Waals surface area contributed by atoms with Crippen LogP contribution in [0.15, 0.2) is 29.2 Å². The van der Waals surface area contributed by atoms with Crippen molar-refractivity contribution in [1.82, 2.24) is 0 Å². The standard InChI is InChI=1S/C14H18O7S/c1-8-3-5-9(6-4-8)22(16,17)21-13-12-11(15)10(7-19-12)20-14(13)18-2/h3-6,10-15H,7H2,1-2H3/t10-,11-,12+,13-,14+/m1/s1. The second kappa shape index (κ2) is 5.88. The summed E-state index contributed by atoms with van der Waals surface area (Å²) in [6.45, 7) is 2.03. The summed E-state index contributed by atoms with van der Waals surface area (Å²) in [6, 6.07) is 6.28. The summed E-state index contributed by atoms with van der Waals surface area (Å²) in [7, 11) is -2.63. The molecule has 1 N–H and O–H groups in total. The van der Waals surface area contributed by atoms with E-state index < -0.39 is 40.8 Å². The molecule has 8 heteroatoms. The zero-order chi connectivity index (χ0) is 15.9. The summed E-state index contributed by atoms with van der Waals surface area (Å²) in [5.41, 5.74) is 0.937. The summed E-state index contributed by atoms with van der Waals surface area (Å²) in [6.07, 6.45) is -4.25. The van der Waals surface area contributed by atoms with Crippen molar-refractivity contribution in [1.29, 1.82) is 0 Å². The summed E-state index contributed by atoms with van der Waals surface area (Å²) in [4.78, 5) is 0.0302. The van der Waals surface area contributed by atoms with E-state index in [1.165, 1.54) is 19.2 Å². The monoisotopic (exact) mass is 330 g/mol. The van der Waals surface area contributed by atoms with Crippen molar-refractivity contribution in [2.45, 2.75) is 42.5 Å². The number of hydrogen-bond acceptors (Lipinski definition) is 7. The molecule has 0 unspecified atom stereocenters. The molecule has 0 radical (unpaired) electrons. The van der Waals surface area contributed by atoms with Crippen molar-refractivity contribution in [3.8, 4) is 0 Å². The average molecular weight is 330 g/mol. The third-order valence-corrected chi connectivity index (χ3v) is 5.18.